The summed E-state index contributed by atoms with van der Waals surface area (Å²) < 4.78 is 0. The Labute approximate surface area is 45.9 Å². The van der Waals surface area contributed by atoms with E-state index in [4.69, 9.17) is 6.42 Å². The second-order valence-corrected chi connectivity index (χ2v) is 1.62. The molecule has 7 heavy (non-hydrogen) atoms. The summed E-state index contributed by atoms with van der Waals surface area (Å²) in [5.74, 6) is 2.43. The second-order valence-electron chi connectivity index (χ2n) is 1.62. The minimum Gasteiger partial charge on any atom is -0.120 e. The lowest BCUT2D eigenvalue weighted by Crippen LogP contribution is -1.38. The quantitative estimate of drug-likeness (QED) is 0.405. The number of hydrogen-bond acceptors (Lipinski definition) is 0. The van der Waals surface area contributed by atoms with Crippen LogP contribution in [0.5, 0.6) is 0 Å². The van der Waals surface area contributed by atoms with Gasteiger partial charge in [0.25, 0.3) is 0 Å². The minimum atomic E-state index is 0.847. The lowest BCUT2D eigenvalue weighted by Gasteiger charge is -1.52. The lowest BCUT2D eigenvalue weighted by molar-refractivity contribution is 1.28. The third-order valence-electron chi connectivity index (χ3n) is 0.558. The topological polar surface area (TPSA) is 0 Å². The van der Waals surface area contributed by atoms with E-state index in [0.29, 0.717) is 0 Å². The molecule has 0 aliphatic heterocycles. The Bertz CT molecular complexity index is 52.2. The zero-order valence-corrected chi connectivity index (χ0v) is 4.91. The second kappa shape index (κ2) is 5.56. The van der Waals surface area contributed by atoms with E-state index in [9.17, 15) is 0 Å². The van der Waals surface area contributed by atoms with Gasteiger partial charge in [0.05, 0.1) is 0 Å². The number of rotatable bonds is 0. The molecule has 0 radical (unpaired) electrons. The predicted molar refractivity (Wildman–Crippen MR) is 33.0 cm³/mol. The Hall–Kier alpha value is -0.440. The first-order valence-corrected chi connectivity index (χ1v) is 2.85. The highest BCUT2D eigenvalue weighted by Gasteiger charge is 1.95. The molecular weight excluding hydrogens is 84.1 g/mol. The van der Waals surface area contributed by atoms with Crippen LogP contribution < -0.4 is 0 Å². The van der Waals surface area contributed by atoms with Crippen molar-refractivity contribution in [3.63, 3.8) is 0 Å². The molecule has 0 heterocycles. The Morgan fingerprint density at radius 3 is 1.71 bits per heavy atom. The van der Waals surface area contributed by atoms with Crippen molar-refractivity contribution in [1.82, 2.24) is 0 Å². The van der Waals surface area contributed by atoms with Gasteiger partial charge in [-0.1, -0.05) is 26.2 Å². The Kier molecular flexibility index (Phi) is 5.21. The van der Waals surface area contributed by atoms with E-state index in [0.717, 1.165) is 6.42 Å². The van der Waals surface area contributed by atoms with Crippen molar-refractivity contribution in [2.24, 2.45) is 0 Å². The van der Waals surface area contributed by atoms with Gasteiger partial charge in [-0.3, -0.25) is 0 Å². The van der Waals surface area contributed by atoms with Crippen molar-refractivity contribution in [3.05, 3.63) is 0 Å². The van der Waals surface area contributed by atoms with E-state index in [1.165, 1.54) is 19.3 Å². The van der Waals surface area contributed by atoms with Crippen molar-refractivity contribution in [2.45, 2.75) is 32.6 Å². The maximum atomic E-state index is 4.78. The van der Waals surface area contributed by atoms with Gasteiger partial charge in [-0.25, -0.2) is 0 Å². The molecule has 0 N–H and O–H groups in total. The molecule has 1 aliphatic rings. The highest BCUT2D eigenvalue weighted by Crippen LogP contribution is 2.14. The summed E-state index contributed by atoms with van der Waals surface area (Å²) in [5.41, 5.74) is 0. The summed E-state index contributed by atoms with van der Waals surface area (Å²) in [5, 5.41) is 0. The van der Waals surface area contributed by atoms with E-state index >= 15 is 0 Å². The fourth-order valence-electron chi connectivity index (χ4n) is 0. The summed E-state index contributed by atoms with van der Waals surface area (Å²) in [6.07, 6.45) is 10.1. The average Bonchev–Trinajstić information content (AvgIpc) is 2.47. The van der Waals surface area contributed by atoms with Gasteiger partial charge in [0.15, 0.2) is 0 Å². The molecule has 1 aliphatic carbocycles. The standard InChI is InChI=1S/C4H6.C3H6/c1-3-4-2;1-2-3-1/h1H,4H2,2H3;1-3H2. The van der Waals surface area contributed by atoms with Crippen LogP contribution in [0.1, 0.15) is 32.6 Å². The Morgan fingerprint density at radius 2 is 1.71 bits per heavy atom. The SMILES string of the molecule is C#CCC.C1CC1. The normalized spacial score (nSPS) is 13.1. The summed E-state index contributed by atoms with van der Waals surface area (Å²) in [6, 6.07) is 0. The van der Waals surface area contributed by atoms with Gasteiger partial charge < -0.3 is 0 Å². The first-order valence-electron chi connectivity index (χ1n) is 2.85. The molecule has 0 heteroatoms. The van der Waals surface area contributed by atoms with Gasteiger partial charge >= 0.3 is 0 Å². The van der Waals surface area contributed by atoms with Crippen LogP contribution in [-0.2, 0) is 0 Å². The largest absolute Gasteiger partial charge is 0.120 e. The van der Waals surface area contributed by atoms with Crippen molar-refractivity contribution < 1.29 is 0 Å². The smallest absolute Gasteiger partial charge is 0.00576 e. The summed E-state index contributed by atoms with van der Waals surface area (Å²) >= 11 is 0. The number of hydrogen-bond donors (Lipinski definition) is 0. The fraction of sp³-hybridized carbons (Fsp3) is 0.714. The van der Waals surface area contributed by atoms with E-state index in [2.05, 4.69) is 5.92 Å². The monoisotopic (exact) mass is 96.1 g/mol. The van der Waals surface area contributed by atoms with E-state index in [1.54, 1.807) is 0 Å². The third-order valence-corrected chi connectivity index (χ3v) is 0.558. The molecule has 0 aromatic rings. The lowest BCUT2D eigenvalue weighted by atomic mass is 10.5. The van der Waals surface area contributed by atoms with E-state index in [-0.39, 0.29) is 0 Å². The molecule has 0 unspecified atom stereocenters. The van der Waals surface area contributed by atoms with Gasteiger partial charge in [0.1, 0.15) is 0 Å². The molecule has 0 aromatic carbocycles. The van der Waals surface area contributed by atoms with Crippen LogP contribution in [0.3, 0.4) is 0 Å². The average molecular weight is 96.2 g/mol. The zero-order chi connectivity index (χ0) is 5.54. The molecule has 1 rings (SSSR count). The minimum absolute atomic E-state index is 0.847. The van der Waals surface area contributed by atoms with Crippen LogP contribution in [0.25, 0.3) is 0 Å². The molecule has 0 spiro atoms. The maximum Gasteiger partial charge on any atom is 0.00576 e. The maximum absolute atomic E-state index is 4.78. The molecule has 1 saturated carbocycles. The molecule has 0 amide bonds. The first-order chi connectivity index (χ1) is 3.41. The molecule has 0 nitrogen and oxygen atoms in total. The molecular formula is C7H12. The molecule has 1 fully saturated rings. The van der Waals surface area contributed by atoms with Gasteiger partial charge in [0.2, 0.25) is 0 Å². The fourth-order valence-corrected chi connectivity index (χ4v) is 0. The van der Waals surface area contributed by atoms with Gasteiger partial charge in [0, 0.05) is 6.42 Å². The van der Waals surface area contributed by atoms with Crippen LogP contribution in [-0.4, -0.2) is 0 Å². The Balaban J connectivity index is 0.000000105. The third kappa shape index (κ3) is 29.0. The molecule has 0 aromatic heterocycles. The van der Waals surface area contributed by atoms with E-state index in [1.807, 2.05) is 6.92 Å². The van der Waals surface area contributed by atoms with Crippen LogP contribution in [0.15, 0.2) is 0 Å². The van der Waals surface area contributed by atoms with Crippen molar-refractivity contribution >= 4 is 0 Å². The van der Waals surface area contributed by atoms with Crippen molar-refractivity contribution in [3.8, 4) is 12.3 Å². The molecule has 0 atom stereocenters. The van der Waals surface area contributed by atoms with Crippen molar-refractivity contribution in [2.75, 3.05) is 0 Å². The highest BCUT2D eigenvalue weighted by molar-refractivity contribution is 4.80. The molecule has 40 valence electrons. The number of terminal acetylenes is 1. The summed E-state index contributed by atoms with van der Waals surface area (Å²) in [4.78, 5) is 0. The van der Waals surface area contributed by atoms with Crippen LogP contribution >= 0.6 is 0 Å². The first kappa shape index (κ1) is 6.56. The van der Waals surface area contributed by atoms with Gasteiger partial charge in [-0.15, -0.1) is 12.3 Å². The Morgan fingerprint density at radius 1 is 1.43 bits per heavy atom. The van der Waals surface area contributed by atoms with Crippen LogP contribution in [0.2, 0.25) is 0 Å². The van der Waals surface area contributed by atoms with Gasteiger partial charge in [-0.2, -0.15) is 0 Å². The molecule has 0 saturated heterocycles. The highest BCUT2D eigenvalue weighted by atomic mass is 14.0. The van der Waals surface area contributed by atoms with E-state index < -0.39 is 0 Å². The van der Waals surface area contributed by atoms with Gasteiger partial charge in [-0.05, 0) is 0 Å². The van der Waals surface area contributed by atoms with Crippen molar-refractivity contribution in [1.29, 1.82) is 0 Å². The van der Waals surface area contributed by atoms with Crippen LogP contribution in [0, 0.1) is 12.3 Å². The summed E-state index contributed by atoms with van der Waals surface area (Å²) in [6.45, 7) is 1.94. The van der Waals surface area contributed by atoms with Crippen LogP contribution in [0.4, 0.5) is 0 Å². The zero-order valence-electron chi connectivity index (χ0n) is 4.91. The molecule has 0 bridgehead atoms. The predicted octanol–water partition coefficient (Wildman–Crippen LogP) is 2.20. The summed E-state index contributed by atoms with van der Waals surface area (Å²) in [7, 11) is 0.